The molecule has 3 heterocycles. The summed E-state index contributed by atoms with van der Waals surface area (Å²) in [6, 6.07) is 18.5. The van der Waals surface area contributed by atoms with Crippen LogP contribution in [0.15, 0.2) is 60.7 Å². The number of carboxylic acid groups (broad SMARTS) is 1. The minimum Gasteiger partial charge on any atom is -0.463 e. The fraction of sp³-hybridized carbons (Fsp3) is 0.310. The summed E-state index contributed by atoms with van der Waals surface area (Å²) < 4.78 is 0.786. The lowest BCUT2D eigenvalue weighted by molar-refractivity contribution is 0.0915. The largest absolute Gasteiger partial charge is 0.463 e. The van der Waals surface area contributed by atoms with E-state index in [1.54, 1.807) is 18.2 Å². The second-order valence-corrected chi connectivity index (χ2v) is 11.6. The van der Waals surface area contributed by atoms with E-state index < -0.39 is 17.5 Å². The molecule has 10 nitrogen and oxygen atoms in total. The molecule has 2 amide bonds. The Morgan fingerprint density at radius 2 is 1.65 bits per heavy atom. The zero-order valence-electron chi connectivity index (χ0n) is 22.7. The summed E-state index contributed by atoms with van der Waals surface area (Å²) in [5, 5.41) is 19.9. The first kappa shape index (κ1) is 27.5. The molecular formula is C29H32N6O4S. The molecule has 1 aliphatic heterocycles. The fourth-order valence-corrected chi connectivity index (χ4v) is 5.72. The molecule has 2 aromatic carbocycles. The van der Waals surface area contributed by atoms with Crippen molar-refractivity contribution in [2.45, 2.75) is 25.9 Å². The molecule has 1 fully saturated rings. The lowest BCUT2D eigenvalue weighted by Crippen LogP contribution is -2.43. The lowest BCUT2D eigenvalue weighted by Gasteiger charge is -2.32. The number of fused-ring (bicyclic) bond motifs is 1. The minimum atomic E-state index is -1.31. The Labute approximate surface area is 236 Å². The van der Waals surface area contributed by atoms with Gasteiger partial charge in [-0.05, 0) is 50.2 Å². The Kier molecular flexibility index (Phi) is 7.70. The van der Waals surface area contributed by atoms with Crippen LogP contribution in [0.4, 0.5) is 10.6 Å². The quantitative estimate of drug-likeness (QED) is 0.309. The normalized spacial score (nSPS) is 14.8. The highest BCUT2D eigenvalue weighted by atomic mass is 32.1. The second-order valence-electron chi connectivity index (χ2n) is 10.5. The number of piperazine rings is 1. The Morgan fingerprint density at radius 3 is 2.30 bits per heavy atom. The lowest BCUT2D eigenvalue weighted by atomic mass is 9.94. The van der Waals surface area contributed by atoms with Gasteiger partial charge in [0, 0.05) is 38.3 Å². The number of nitrogens with zero attached hydrogens (tertiary/aromatic N) is 4. The van der Waals surface area contributed by atoms with Crippen molar-refractivity contribution in [3.8, 4) is 0 Å². The average molecular weight is 561 g/mol. The number of nitrogens with one attached hydrogen (secondary N) is 2. The van der Waals surface area contributed by atoms with E-state index in [4.69, 9.17) is 0 Å². The Morgan fingerprint density at radius 1 is 0.975 bits per heavy atom. The van der Waals surface area contributed by atoms with Gasteiger partial charge >= 0.3 is 6.09 Å². The van der Waals surface area contributed by atoms with Gasteiger partial charge in [0.1, 0.15) is 4.83 Å². The van der Waals surface area contributed by atoms with Crippen LogP contribution >= 0.6 is 11.3 Å². The molecule has 0 radical (unpaired) electrons. The molecule has 40 heavy (non-hydrogen) atoms. The first-order chi connectivity index (χ1) is 19.1. The molecule has 1 saturated heterocycles. The maximum absolute atomic E-state index is 13.2. The Bertz CT molecular complexity index is 1540. The number of rotatable bonds is 7. The number of likely N-dealkylation sites (N-methyl/N-ethyl adjacent to an activating group) is 1. The van der Waals surface area contributed by atoms with Crippen molar-refractivity contribution >= 4 is 45.3 Å². The third kappa shape index (κ3) is 5.91. The van der Waals surface area contributed by atoms with E-state index in [1.807, 2.05) is 56.3 Å². The second kappa shape index (κ2) is 11.2. The van der Waals surface area contributed by atoms with Crippen LogP contribution in [0.1, 0.15) is 45.0 Å². The van der Waals surface area contributed by atoms with Gasteiger partial charge in [0.15, 0.2) is 5.82 Å². The molecule has 208 valence electrons. The molecule has 0 bridgehead atoms. The van der Waals surface area contributed by atoms with Crippen LogP contribution in [0.3, 0.4) is 0 Å². The van der Waals surface area contributed by atoms with Crippen molar-refractivity contribution in [1.29, 1.82) is 0 Å². The standard InChI is InChI=1S/C29H32N6O4S/c1-29(2,21-7-5-4-6-8-21)31-26(37)23-17-22-24(32-35(28(38)39)27(22)40-23)30-25(36)20-11-9-19(10-12-20)18-34-15-13-33(3)14-16-34/h4-12,17H,13-16,18H2,1-3H3,(H,31,37)(H,38,39)(H,30,32,36). The first-order valence-electron chi connectivity index (χ1n) is 13.1. The van der Waals surface area contributed by atoms with Crippen molar-refractivity contribution in [3.63, 3.8) is 0 Å². The zero-order valence-corrected chi connectivity index (χ0v) is 23.5. The van der Waals surface area contributed by atoms with Crippen molar-refractivity contribution < 1.29 is 19.5 Å². The highest BCUT2D eigenvalue weighted by Gasteiger charge is 2.27. The summed E-state index contributed by atoms with van der Waals surface area (Å²) in [4.78, 5) is 43.4. The summed E-state index contributed by atoms with van der Waals surface area (Å²) in [6.45, 7) is 8.70. The molecule has 2 aromatic heterocycles. The molecule has 0 spiro atoms. The van der Waals surface area contributed by atoms with Crippen LogP contribution in [0.25, 0.3) is 10.2 Å². The number of anilines is 1. The van der Waals surface area contributed by atoms with Crippen LogP contribution < -0.4 is 10.6 Å². The van der Waals surface area contributed by atoms with Gasteiger partial charge < -0.3 is 20.6 Å². The van der Waals surface area contributed by atoms with Crippen LogP contribution in [-0.2, 0) is 12.1 Å². The van der Waals surface area contributed by atoms with Gasteiger partial charge in [0.25, 0.3) is 11.8 Å². The average Bonchev–Trinajstić information content (AvgIpc) is 3.51. The van der Waals surface area contributed by atoms with Gasteiger partial charge in [-0.1, -0.05) is 42.5 Å². The smallest absolute Gasteiger partial charge is 0.433 e. The number of aromatic nitrogens is 2. The van der Waals surface area contributed by atoms with E-state index in [9.17, 15) is 19.5 Å². The van der Waals surface area contributed by atoms with E-state index >= 15 is 0 Å². The van der Waals surface area contributed by atoms with E-state index in [0.29, 0.717) is 15.8 Å². The van der Waals surface area contributed by atoms with E-state index in [1.165, 1.54) is 0 Å². The predicted octanol–water partition coefficient (Wildman–Crippen LogP) is 4.29. The minimum absolute atomic E-state index is 0.0848. The van der Waals surface area contributed by atoms with E-state index in [0.717, 1.165) is 59.9 Å². The number of hydrogen-bond donors (Lipinski definition) is 3. The molecule has 1 aliphatic rings. The van der Waals surface area contributed by atoms with Gasteiger partial charge in [-0.15, -0.1) is 16.4 Å². The molecular weight excluding hydrogens is 528 g/mol. The molecule has 0 unspecified atom stereocenters. The third-order valence-corrected chi connectivity index (χ3v) is 8.25. The first-order valence-corrected chi connectivity index (χ1v) is 13.9. The molecule has 0 atom stereocenters. The van der Waals surface area contributed by atoms with Crippen LogP contribution in [0, 0.1) is 0 Å². The summed E-state index contributed by atoms with van der Waals surface area (Å²) in [6.07, 6.45) is -1.31. The van der Waals surface area contributed by atoms with Gasteiger partial charge in [0.05, 0.1) is 15.8 Å². The number of benzene rings is 2. The van der Waals surface area contributed by atoms with Gasteiger partial charge in [-0.3, -0.25) is 14.5 Å². The van der Waals surface area contributed by atoms with Crippen molar-refractivity contribution in [2.24, 2.45) is 0 Å². The van der Waals surface area contributed by atoms with E-state index in [-0.39, 0.29) is 16.6 Å². The van der Waals surface area contributed by atoms with Crippen LogP contribution in [0.2, 0.25) is 0 Å². The summed E-state index contributed by atoms with van der Waals surface area (Å²) in [5.41, 5.74) is 1.83. The van der Waals surface area contributed by atoms with Crippen molar-refractivity contribution in [1.82, 2.24) is 24.9 Å². The van der Waals surface area contributed by atoms with Gasteiger partial charge in [-0.25, -0.2) is 4.79 Å². The van der Waals surface area contributed by atoms with Gasteiger partial charge in [0.2, 0.25) is 0 Å². The maximum Gasteiger partial charge on any atom is 0.433 e. The summed E-state index contributed by atoms with van der Waals surface area (Å²) in [5.74, 6) is -0.674. The molecule has 4 aromatic rings. The molecule has 3 N–H and O–H groups in total. The molecule has 11 heteroatoms. The monoisotopic (exact) mass is 560 g/mol. The highest BCUT2D eigenvalue weighted by molar-refractivity contribution is 7.20. The van der Waals surface area contributed by atoms with Crippen molar-refractivity contribution in [3.05, 3.63) is 82.2 Å². The SMILES string of the molecule is CN1CCN(Cc2ccc(C(=O)Nc3nn(C(=O)O)c4sc(C(=O)NC(C)(C)c5ccccc5)cc34)cc2)CC1. The topological polar surface area (TPSA) is 120 Å². The fourth-order valence-electron chi connectivity index (χ4n) is 4.72. The number of amides is 2. The van der Waals surface area contributed by atoms with Crippen LogP contribution in [0.5, 0.6) is 0 Å². The Balaban J connectivity index is 1.32. The van der Waals surface area contributed by atoms with Crippen LogP contribution in [-0.4, -0.2) is 75.8 Å². The molecule has 0 saturated carbocycles. The maximum atomic E-state index is 13.2. The number of carbonyl (C=O) groups is 3. The number of thiophene rings is 1. The molecule has 5 rings (SSSR count). The number of hydrogen-bond acceptors (Lipinski definition) is 7. The van der Waals surface area contributed by atoms with Gasteiger partial charge in [-0.2, -0.15) is 4.68 Å². The highest BCUT2D eigenvalue weighted by Crippen LogP contribution is 2.32. The predicted molar refractivity (Wildman–Crippen MR) is 155 cm³/mol. The van der Waals surface area contributed by atoms with E-state index in [2.05, 4.69) is 32.6 Å². The summed E-state index contributed by atoms with van der Waals surface area (Å²) in [7, 11) is 2.12. The van der Waals surface area contributed by atoms with Crippen molar-refractivity contribution in [2.75, 3.05) is 38.5 Å². The zero-order chi connectivity index (χ0) is 28.4. The Hall–Kier alpha value is -4.06. The number of carbonyl (C=O) groups excluding carboxylic acids is 2. The molecule has 0 aliphatic carbocycles. The third-order valence-electron chi connectivity index (χ3n) is 7.14. The summed E-state index contributed by atoms with van der Waals surface area (Å²) >= 11 is 1.01.